The molecule has 0 saturated heterocycles. The number of hydrogen-bond donors (Lipinski definition) is 0. The zero-order chi connectivity index (χ0) is 36.7. The highest BCUT2D eigenvalue weighted by Gasteiger charge is 2.59. The van der Waals surface area contributed by atoms with Gasteiger partial charge in [0, 0.05) is 19.3 Å². The largest absolute Gasteiger partial charge is 0.462 e. The fourth-order valence-corrected chi connectivity index (χ4v) is 11.2. The summed E-state index contributed by atoms with van der Waals surface area (Å²) in [6.45, 7) is 17.0. The zero-order valence-electron chi connectivity index (χ0n) is 32.9. The Labute approximate surface area is 322 Å². The first kappa shape index (κ1) is 41.5. The van der Waals surface area contributed by atoms with Gasteiger partial charge in [-0.05, 0) is 166 Å². The monoisotopic (exact) mass is 756 g/mol. The molecular weight excluding hydrogens is 688 g/mol. The molecule has 3 saturated carbocycles. The molecule has 0 amide bonds. The first-order chi connectivity index (χ1) is 24.7. The third-order valence-electron chi connectivity index (χ3n) is 14.0. The lowest BCUT2D eigenvalue weighted by Gasteiger charge is -2.58. The van der Waals surface area contributed by atoms with Gasteiger partial charge in [-0.2, -0.15) is 0 Å². The van der Waals surface area contributed by atoms with Crippen LogP contribution in [-0.4, -0.2) is 12.1 Å². The van der Waals surface area contributed by atoms with E-state index >= 15 is 0 Å². The molecule has 51 heavy (non-hydrogen) atoms. The number of hydrogen-bond acceptors (Lipinski definition) is 2. The summed E-state index contributed by atoms with van der Waals surface area (Å²) in [4.78, 5) is 14.6. The van der Waals surface area contributed by atoms with E-state index in [1.165, 1.54) is 69.8 Å². The van der Waals surface area contributed by atoms with Crippen LogP contribution in [0.15, 0.2) is 59.2 Å². The van der Waals surface area contributed by atoms with Gasteiger partial charge in [0.15, 0.2) is 0 Å². The fraction of sp³-hybridized carbons (Fsp3) is 0.688. The van der Waals surface area contributed by atoms with E-state index < -0.39 is 0 Å². The summed E-state index contributed by atoms with van der Waals surface area (Å²) in [6.07, 6.45) is 33.8. The molecule has 0 aromatic rings. The van der Waals surface area contributed by atoms with Crippen LogP contribution >= 0.6 is 15.9 Å². The molecule has 0 bridgehead atoms. The lowest BCUT2D eigenvalue weighted by Crippen LogP contribution is -2.51. The highest BCUT2D eigenvalue weighted by atomic mass is 79.9. The summed E-state index contributed by atoms with van der Waals surface area (Å²) in [5.74, 6) is 17.1. The van der Waals surface area contributed by atoms with Gasteiger partial charge in [0.2, 0.25) is 0 Å². The van der Waals surface area contributed by atoms with E-state index in [4.69, 9.17) is 4.74 Å². The molecule has 4 aliphatic carbocycles. The Bertz CT molecular complexity index is 1390. The van der Waals surface area contributed by atoms with E-state index in [0.717, 1.165) is 81.0 Å². The summed E-state index contributed by atoms with van der Waals surface area (Å²) in [6, 6.07) is 0. The van der Waals surface area contributed by atoms with Gasteiger partial charge in [-0.3, -0.25) is 4.79 Å². The van der Waals surface area contributed by atoms with Gasteiger partial charge >= 0.3 is 5.97 Å². The molecule has 0 N–H and O–H groups in total. The Morgan fingerprint density at radius 1 is 0.961 bits per heavy atom. The standard InChI is InChI=1S/C48H69BrO2/c1-7-39(8-2)37(3)25-26-38(4)43-29-30-44-42-28-27-40-36-41(31-33-47(40,5)45(42)32-34-48(43,44)6)51-46(50)24-22-20-18-16-14-12-10-9-11-13-15-17-19-21-23-35-49/h9-10,15,17,23,27,35,38-39,41-45H,3,7-8,11,13,16,18,20,22,24-26,28-34,36H2,1-2,4-6H3/b10-9+,17-15+,35-23+/t38-,41+,42+,43-,44+,45+,47+,48-/m1/s1. The molecule has 4 aliphatic rings. The van der Waals surface area contributed by atoms with Crippen LogP contribution in [0.3, 0.4) is 0 Å². The van der Waals surface area contributed by atoms with E-state index in [1.54, 1.807) is 16.6 Å². The van der Waals surface area contributed by atoms with Crippen molar-refractivity contribution in [3.05, 3.63) is 59.2 Å². The van der Waals surface area contributed by atoms with Crippen LogP contribution < -0.4 is 0 Å². The van der Waals surface area contributed by atoms with Gasteiger partial charge in [0.05, 0.1) is 0 Å². The number of unbranched alkanes of at least 4 members (excludes halogenated alkanes) is 4. The Kier molecular flexibility index (Phi) is 17.0. The van der Waals surface area contributed by atoms with E-state index in [-0.39, 0.29) is 17.5 Å². The number of carbonyl (C=O) groups excluding carboxylic acids is 1. The molecule has 8 atom stereocenters. The highest BCUT2D eigenvalue weighted by molar-refractivity contribution is 9.11. The van der Waals surface area contributed by atoms with E-state index in [2.05, 4.69) is 99.0 Å². The summed E-state index contributed by atoms with van der Waals surface area (Å²) in [7, 11) is 0. The number of rotatable bonds is 16. The third kappa shape index (κ3) is 11.1. The van der Waals surface area contributed by atoms with Gasteiger partial charge in [0.25, 0.3) is 0 Å². The number of fused-ring (bicyclic) bond motifs is 5. The third-order valence-corrected chi connectivity index (χ3v) is 14.3. The van der Waals surface area contributed by atoms with Crippen LogP contribution in [-0.2, 0) is 9.53 Å². The van der Waals surface area contributed by atoms with Crippen LogP contribution in [0.2, 0.25) is 0 Å². The number of esters is 1. The molecule has 2 nitrogen and oxygen atoms in total. The Hall–Kier alpha value is -2.23. The smallest absolute Gasteiger partial charge is 0.306 e. The van der Waals surface area contributed by atoms with Crippen molar-refractivity contribution in [2.75, 3.05) is 0 Å². The SMILES string of the molecule is C=C(CC[C@@H](C)[C@H]1CC[C@H]2[C@@H]3CC=C4C[C@@H](OC(=O)CCCCCC#C/C=C/CC/C=C/C#C/C=C/Br)CC[C@]4(C)[C@H]3CC[C@]12C)C(CC)CC. The molecular formula is C48H69BrO2. The second-order valence-electron chi connectivity index (χ2n) is 16.9. The molecule has 4 rings (SSSR count). The quantitative estimate of drug-likeness (QED) is 0.0678. The van der Waals surface area contributed by atoms with Crippen molar-refractivity contribution in [2.45, 2.75) is 163 Å². The second kappa shape index (κ2) is 20.9. The lowest BCUT2D eigenvalue weighted by atomic mass is 9.47. The maximum Gasteiger partial charge on any atom is 0.306 e. The van der Waals surface area contributed by atoms with Gasteiger partial charge < -0.3 is 4.74 Å². The number of carbonyl (C=O) groups is 1. The van der Waals surface area contributed by atoms with Crippen LogP contribution in [0.25, 0.3) is 0 Å². The van der Waals surface area contributed by atoms with Crippen LogP contribution in [0, 0.1) is 70.0 Å². The molecule has 3 heteroatoms. The molecule has 3 fully saturated rings. The normalized spacial score (nSPS) is 30.6. The van der Waals surface area contributed by atoms with Gasteiger partial charge in [0.1, 0.15) is 6.10 Å². The summed E-state index contributed by atoms with van der Waals surface area (Å²) >= 11 is 3.20. The Morgan fingerprint density at radius 3 is 2.45 bits per heavy atom. The zero-order valence-corrected chi connectivity index (χ0v) is 34.5. The van der Waals surface area contributed by atoms with Crippen molar-refractivity contribution in [3.63, 3.8) is 0 Å². The predicted octanol–water partition coefficient (Wildman–Crippen LogP) is 13.6. The minimum atomic E-state index is -0.00504. The average molecular weight is 758 g/mol. The first-order valence-electron chi connectivity index (χ1n) is 20.8. The summed E-state index contributed by atoms with van der Waals surface area (Å²) in [5.41, 5.74) is 3.89. The van der Waals surface area contributed by atoms with E-state index in [1.807, 2.05) is 12.2 Å². The van der Waals surface area contributed by atoms with Crippen molar-refractivity contribution in [3.8, 4) is 23.7 Å². The predicted molar refractivity (Wildman–Crippen MR) is 221 cm³/mol. The molecule has 0 unspecified atom stereocenters. The maximum absolute atomic E-state index is 12.8. The molecule has 0 aromatic heterocycles. The van der Waals surface area contributed by atoms with Gasteiger partial charge in [-0.15, -0.1) is 0 Å². The fourth-order valence-electron chi connectivity index (χ4n) is 11.0. The first-order valence-corrected chi connectivity index (χ1v) is 21.7. The average Bonchev–Trinajstić information content (AvgIpc) is 3.48. The van der Waals surface area contributed by atoms with Gasteiger partial charge in [-0.25, -0.2) is 0 Å². The second-order valence-corrected chi connectivity index (χ2v) is 17.4. The van der Waals surface area contributed by atoms with E-state index in [9.17, 15) is 4.79 Å². The highest BCUT2D eigenvalue weighted by Crippen LogP contribution is 2.67. The van der Waals surface area contributed by atoms with Crippen LogP contribution in [0.4, 0.5) is 0 Å². The van der Waals surface area contributed by atoms with Crippen molar-refractivity contribution in [1.82, 2.24) is 0 Å². The molecule has 0 aliphatic heterocycles. The molecule has 280 valence electrons. The van der Waals surface area contributed by atoms with Gasteiger partial charge in [-0.1, -0.05) is 117 Å². The topological polar surface area (TPSA) is 26.3 Å². The summed E-state index contributed by atoms with van der Waals surface area (Å²) in [5, 5.41) is 0. The van der Waals surface area contributed by atoms with Crippen LogP contribution in [0.1, 0.15) is 157 Å². The molecule has 0 heterocycles. The molecule has 0 radical (unpaired) electrons. The Morgan fingerprint density at radius 2 is 1.71 bits per heavy atom. The maximum atomic E-state index is 12.8. The lowest BCUT2D eigenvalue weighted by molar-refractivity contribution is -0.151. The van der Waals surface area contributed by atoms with Crippen molar-refractivity contribution in [1.29, 1.82) is 0 Å². The minimum absolute atomic E-state index is 0.00504. The van der Waals surface area contributed by atoms with Crippen molar-refractivity contribution < 1.29 is 9.53 Å². The summed E-state index contributed by atoms with van der Waals surface area (Å²) < 4.78 is 6.10. The van der Waals surface area contributed by atoms with Crippen molar-refractivity contribution in [2.24, 2.45) is 46.3 Å². The Balaban J connectivity index is 1.16. The molecule has 0 spiro atoms. The van der Waals surface area contributed by atoms with Crippen LogP contribution in [0.5, 0.6) is 0 Å². The molecule has 0 aromatic carbocycles. The minimum Gasteiger partial charge on any atom is -0.462 e. The number of halogens is 1. The number of ether oxygens (including phenoxy) is 1. The number of allylic oxidation sites excluding steroid dienone is 7. The van der Waals surface area contributed by atoms with E-state index in [0.29, 0.717) is 17.8 Å². The van der Waals surface area contributed by atoms with Crippen molar-refractivity contribution >= 4 is 21.9 Å².